The summed E-state index contributed by atoms with van der Waals surface area (Å²) in [6.45, 7) is 1.51. The van der Waals surface area contributed by atoms with E-state index in [0.29, 0.717) is 17.1 Å². The molecule has 0 unspecified atom stereocenters. The van der Waals surface area contributed by atoms with Crippen LogP contribution in [0.15, 0.2) is 82.1 Å². The van der Waals surface area contributed by atoms with Gasteiger partial charge in [-0.1, -0.05) is 24.3 Å². The van der Waals surface area contributed by atoms with Crippen molar-refractivity contribution in [3.63, 3.8) is 0 Å². The molecule has 6 nitrogen and oxygen atoms in total. The molecule has 29 heavy (non-hydrogen) atoms. The molecule has 0 atom stereocenters. The lowest BCUT2D eigenvalue weighted by molar-refractivity contribution is 0.584. The second-order valence-electron chi connectivity index (χ2n) is 6.38. The Morgan fingerprint density at radius 2 is 1.55 bits per heavy atom. The molecule has 1 aromatic heterocycles. The number of hydrogen-bond donors (Lipinski definition) is 1. The Balaban J connectivity index is 1.61. The Morgan fingerprint density at radius 1 is 0.862 bits per heavy atom. The van der Waals surface area contributed by atoms with Crippen LogP contribution in [0.25, 0.3) is 22.9 Å². The number of nitrogens with zero attached hydrogens (tertiary/aromatic N) is 2. The zero-order valence-corrected chi connectivity index (χ0v) is 16.2. The van der Waals surface area contributed by atoms with Crippen molar-refractivity contribution in [1.82, 2.24) is 10.2 Å². The number of rotatable bonds is 5. The van der Waals surface area contributed by atoms with E-state index in [4.69, 9.17) is 4.42 Å². The maximum atomic E-state index is 13.4. The Labute approximate surface area is 167 Å². The lowest BCUT2D eigenvalue weighted by atomic mass is 10.2. The minimum absolute atomic E-state index is 0.0223. The molecule has 0 saturated carbocycles. The number of aryl methyl sites for hydroxylation is 1. The van der Waals surface area contributed by atoms with Gasteiger partial charge in [0.05, 0.1) is 4.90 Å². The third-order valence-electron chi connectivity index (χ3n) is 4.25. The fourth-order valence-electron chi connectivity index (χ4n) is 2.75. The van der Waals surface area contributed by atoms with E-state index in [1.54, 1.807) is 24.3 Å². The van der Waals surface area contributed by atoms with E-state index < -0.39 is 15.8 Å². The van der Waals surface area contributed by atoms with Gasteiger partial charge < -0.3 is 4.42 Å². The largest absolute Gasteiger partial charge is 0.416 e. The van der Waals surface area contributed by atoms with Gasteiger partial charge in [0.15, 0.2) is 0 Å². The van der Waals surface area contributed by atoms with Gasteiger partial charge in [-0.2, -0.15) is 0 Å². The summed E-state index contributed by atoms with van der Waals surface area (Å²) < 4.78 is 46.9. The molecule has 0 bridgehead atoms. The van der Waals surface area contributed by atoms with E-state index in [1.807, 2.05) is 30.3 Å². The molecule has 8 heteroatoms. The first-order valence-electron chi connectivity index (χ1n) is 8.71. The van der Waals surface area contributed by atoms with Gasteiger partial charge in [0, 0.05) is 16.8 Å². The van der Waals surface area contributed by atoms with Crippen molar-refractivity contribution in [2.45, 2.75) is 11.8 Å². The molecule has 1 N–H and O–H groups in total. The Kier molecular flexibility index (Phi) is 4.85. The molecule has 0 fully saturated rings. The van der Waals surface area contributed by atoms with Crippen LogP contribution in [-0.4, -0.2) is 18.6 Å². The van der Waals surface area contributed by atoms with Crippen LogP contribution >= 0.6 is 0 Å². The maximum absolute atomic E-state index is 13.4. The molecule has 0 saturated heterocycles. The van der Waals surface area contributed by atoms with Crippen molar-refractivity contribution in [3.05, 3.63) is 84.2 Å². The first-order valence-corrected chi connectivity index (χ1v) is 10.2. The van der Waals surface area contributed by atoms with E-state index in [-0.39, 0.29) is 16.3 Å². The highest BCUT2D eigenvalue weighted by molar-refractivity contribution is 7.92. The van der Waals surface area contributed by atoms with Gasteiger partial charge >= 0.3 is 0 Å². The Hall–Kier alpha value is -3.52. The van der Waals surface area contributed by atoms with Crippen LogP contribution in [0.5, 0.6) is 0 Å². The van der Waals surface area contributed by atoms with Crippen molar-refractivity contribution in [1.29, 1.82) is 0 Å². The van der Waals surface area contributed by atoms with Crippen LogP contribution in [0, 0.1) is 12.7 Å². The second kappa shape index (κ2) is 7.48. The van der Waals surface area contributed by atoms with Gasteiger partial charge in [-0.3, -0.25) is 4.72 Å². The predicted octanol–water partition coefficient (Wildman–Crippen LogP) is 4.65. The van der Waals surface area contributed by atoms with E-state index in [9.17, 15) is 12.8 Å². The number of nitrogens with one attached hydrogen (secondary N) is 1. The predicted molar refractivity (Wildman–Crippen MR) is 107 cm³/mol. The van der Waals surface area contributed by atoms with Crippen LogP contribution in [0.3, 0.4) is 0 Å². The van der Waals surface area contributed by atoms with Gasteiger partial charge in [0.2, 0.25) is 11.8 Å². The van der Waals surface area contributed by atoms with Crippen LogP contribution in [0.4, 0.5) is 10.1 Å². The summed E-state index contributed by atoms with van der Waals surface area (Å²) in [6.07, 6.45) is 0. The lowest BCUT2D eigenvalue weighted by Crippen LogP contribution is -2.13. The quantitative estimate of drug-likeness (QED) is 0.519. The molecule has 0 amide bonds. The summed E-state index contributed by atoms with van der Waals surface area (Å²) >= 11 is 0. The van der Waals surface area contributed by atoms with Crippen LogP contribution in [-0.2, 0) is 10.0 Å². The smallest absolute Gasteiger partial charge is 0.261 e. The first kappa shape index (κ1) is 18.8. The molecular formula is C21H16FN3O3S. The van der Waals surface area contributed by atoms with E-state index in [2.05, 4.69) is 14.9 Å². The molecule has 4 aromatic rings. The highest BCUT2D eigenvalue weighted by Gasteiger charge is 2.17. The summed E-state index contributed by atoms with van der Waals surface area (Å²) in [5.74, 6) is 0.174. The Bertz CT molecular complexity index is 1270. The van der Waals surface area contributed by atoms with E-state index in [1.165, 1.54) is 19.1 Å². The van der Waals surface area contributed by atoms with Crippen molar-refractivity contribution >= 4 is 15.7 Å². The average Bonchev–Trinajstić information content (AvgIpc) is 3.21. The van der Waals surface area contributed by atoms with Crippen LogP contribution in [0.2, 0.25) is 0 Å². The normalized spacial score (nSPS) is 11.4. The summed E-state index contributed by atoms with van der Waals surface area (Å²) in [4.78, 5) is -0.0223. The minimum atomic E-state index is -3.87. The number of benzene rings is 3. The molecule has 146 valence electrons. The summed E-state index contributed by atoms with van der Waals surface area (Å²) in [6, 6.07) is 19.6. The lowest BCUT2D eigenvalue weighted by Gasteiger charge is -2.09. The Morgan fingerprint density at radius 3 is 2.28 bits per heavy atom. The summed E-state index contributed by atoms with van der Waals surface area (Å²) in [5, 5.41) is 8.09. The monoisotopic (exact) mass is 409 g/mol. The number of hydrogen-bond acceptors (Lipinski definition) is 5. The standard InChI is InChI=1S/C21H16FN3O3S/c1-14-12-18(10-11-19(14)22)29(26,27)25-17-9-5-8-16(13-17)21-24-23-20(28-21)15-6-3-2-4-7-15/h2-13,25H,1H3. The van der Waals surface area contributed by atoms with Crippen molar-refractivity contribution in [2.24, 2.45) is 0 Å². The highest BCUT2D eigenvalue weighted by Crippen LogP contribution is 2.26. The van der Waals surface area contributed by atoms with Crippen molar-refractivity contribution in [2.75, 3.05) is 4.72 Å². The summed E-state index contributed by atoms with van der Waals surface area (Å²) in [5.41, 5.74) is 1.93. The molecule has 0 spiro atoms. The molecule has 0 aliphatic carbocycles. The maximum Gasteiger partial charge on any atom is 0.261 e. The number of anilines is 1. The summed E-state index contributed by atoms with van der Waals surface area (Å²) in [7, 11) is -3.87. The molecule has 4 rings (SSSR count). The van der Waals surface area contributed by atoms with Gasteiger partial charge in [-0.25, -0.2) is 12.8 Å². The third-order valence-corrected chi connectivity index (χ3v) is 5.63. The topological polar surface area (TPSA) is 85.1 Å². The molecule has 0 aliphatic heterocycles. The van der Waals surface area contributed by atoms with E-state index >= 15 is 0 Å². The molecule has 3 aromatic carbocycles. The SMILES string of the molecule is Cc1cc(S(=O)(=O)Nc2cccc(-c3nnc(-c4ccccc4)o3)c2)ccc1F. The molecule has 1 heterocycles. The zero-order valence-electron chi connectivity index (χ0n) is 15.3. The number of aromatic nitrogens is 2. The van der Waals surface area contributed by atoms with E-state index in [0.717, 1.165) is 11.6 Å². The zero-order chi connectivity index (χ0) is 20.4. The molecule has 0 radical (unpaired) electrons. The van der Waals surface area contributed by atoms with Gasteiger partial charge in [-0.15, -0.1) is 10.2 Å². The highest BCUT2D eigenvalue weighted by atomic mass is 32.2. The fourth-order valence-corrected chi connectivity index (χ4v) is 3.89. The van der Waals surface area contributed by atoms with Gasteiger partial charge in [-0.05, 0) is 61.0 Å². The molecular weight excluding hydrogens is 393 g/mol. The van der Waals surface area contributed by atoms with Crippen molar-refractivity contribution < 1.29 is 17.2 Å². The number of halogens is 1. The van der Waals surface area contributed by atoms with Crippen LogP contribution < -0.4 is 4.72 Å². The minimum Gasteiger partial charge on any atom is -0.416 e. The van der Waals surface area contributed by atoms with Crippen molar-refractivity contribution in [3.8, 4) is 22.9 Å². The van der Waals surface area contributed by atoms with Gasteiger partial charge in [0.1, 0.15) is 5.82 Å². The third kappa shape index (κ3) is 4.02. The molecule has 0 aliphatic rings. The van der Waals surface area contributed by atoms with Gasteiger partial charge in [0.25, 0.3) is 10.0 Å². The fraction of sp³-hybridized carbons (Fsp3) is 0.0476. The number of sulfonamides is 1. The average molecular weight is 409 g/mol. The first-order chi connectivity index (χ1) is 13.9. The second-order valence-corrected chi connectivity index (χ2v) is 8.06. The van der Waals surface area contributed by atoms with Crippen LogP contribution in [0.1, 0.15) is 5.56 Å².